The Morgan fingerprint density at radius 3 is 2.53 bits per heavy atom. The van der Waals surface area contributed by atoms with Crippen molar-refractivity contribution < 1.29 is 0 Å². The predicted molar refractivity (Wildman–Crippen MR) is 78.0 cm³/mol. The summed E-state index contributed by atoms with van der Waals surface area (Å²) < 4.78 is 0. The summed E-state index contributed by atoms with van der Waals surface area (Å²) >= 11 is 0. The Morgan fingerprint density at radius 1 is 1.05 bits per heavy atom. The average Bonchev–Trinajstić information content (AvgIpc) is 2.50. The van der Waals surface area contributed by atoms with E-state index in [0.29, 0.717) is 0 Å². The van der Waals surface area contributed by atoms with Crippen LogP contribution >= 0.6 is 0 Å². The molecule has 3 heteroatoms. The van der Waals surface area contributed by atoms with E-state index in [1.54, 1.807) is 0 Å². The first-order valence-corrected chi connectivity index (χ1v) is 7.77. The minimum absolute atomic E-state index is 0.884. The molecule has 0 aromatic carbocycles. The highest BCUT2D eigenvalue weighted by molar-refractivity contribution is 5.08. The second-order valence-electron chi connectivity index (χ2n) is 5.97. The van der Waals surface area contributed by atoms with Crippen LogP contribution < -0.4 is 0 Å². The van der Waals surface area contributed by atoms with Gasteiger partial charge in [-0.3, -0.25) is 14.8 Å². The molecular weight excluding hydrogens is 234 g/mol. The first-order valence-electron chi connectivity index (χ1n) is 7.77. The lowest BCUT2D eigenvalue weighted by atomic mass is 9.94. The van der Waals surface area contributed by atoms with E-state index in [1.807, 2.05) is 18.5 Å². The predicted octanol–water partition coefficient (Wildman–Crippen LogP) is 2.53. The molecule has 2 heterocycles. The number of nitrogens with zero attached hydrogens (tertiary/aromatic N) is 3. The second kappa shape index (κ2) is 6.49. The number of pyridine rings is 1. The molecule has 1 aromatic heterocycles. The summed E-state index contributed by atoms with van der Waals surface area (Å²) in [6, 6.07) is 5.10. The van der Waals surface area contributed by atoms with Crippen LogP contribution in [0.5, 0.6) is 0 Å². The Bertz CT molecular complexity index is 365. The Kier molecular flexibility index (Phi) is 4.46. The Labute approximate surface area is 116 Å². The van der Waals surface area contributed by atoms with Crippen LogP contribution in [0.1, 0.15) is 37.7 Å². The summed E-state index contributed by atoms with van der Waals surface area (Å²) in [6.45, 7) is 6.00. The summed E-state index contributed by atoms with van der Waals surface area (Å²) in [5, 5.41) is 0. The molecular formula is C16H25N3. The molecule has 1 saturated carbocycles. The van der Waals surface area contributed by atoms with Crippen molar-refractivity contribution in [3.05, 3.63) is 30.1 Å². The van der Waals surface area contributed by atoms with Gasteiger partial charge in [0, 0.05) is 51.2 Å². The summed E-state index contributed by atoms with van der Waals surface area (Å²) in [4.78, 5) is 9.50. The van der Waals surface area contributed by atoms with Crippen molar-refractivity contribution in [2.45, 2.75) is 44.7 Å². The molecule has 2 aliphatic rings. The number of hydrogen-bond donors (Lipinski definition) is 0. The molecule has 3 rings (SSSR count). The highest BCUT2D eigenvalue weighted by Gasteiger charge is 2.24. The van der Waals surface area contributed by atoms with E-state index < -0.39 is 0 Å². The Morgan fingerprint density at radius 2 is 1.84 bits per heavy atom. The molecule has 19 heavy (non-hydrogen) atoms. The largest absolute Gasteiger partial charge is 0.298 e. The maximum Gasteiger partial charge on any atom is 0.0312 e. The third kappa shape index (κ3) is 3.54. The smallest absolute Gasteiger partial charge is 0.0312 e. The van der Waals surface area contributed by atoms with Crippen molar-refractivity contribution in [3.63, 3.8) is 0 Å². The van der Waals surface area contributed by atoms with E-state index in [4.69, 9.17) is 0 Å². The quantitative estimate of drug-likeness (QED) is 0.831. The maximum absolute atomic E-state index is 4.20. The third-order valence-electron chi connectivity index (χ3n) is 4.63. The average molecular weight is 259 g/mol. The van der Waals surface area contributed by atoms with Crippen molar-refractivity contribution >= 4 is 0 Å². The van der Waals surface area contributed by atoms with Crippen LogP contribution in [-0.2, 0) is 6.54 Å². The van der Waals surface area contributed by atoms with Crippen molar-refractivity contribution in [1.29, 1.82) is 0 Å². The van der Waals surface area contributed by atoms with E-state index in [-0.39, 0.29) is 0 Å². The molecule has 0 atom stereocenters. The van der Waals surface area contributed by atoms with Crippen molar-refractivity contribution in [1.82, 2.24) is 14.8 Å². The van der Waals surface area contributed by atoms with Crippen LogP contribution in [0.3, 0.4) is 0 Å². The zero-order chi connectivity index (χ0) is 12.9. The topological polar surface area (TPSA) is 19.4 Å². The van der Waals surface area contributed by atoms with Crippen LogP contribution in [0.4, 0.5) is 0 Å². The van der Waals surface area contributed by atoms with Crippen LogP contribution in [0.25, 0.3) is 0 Å². The Balaban J connectivity index is 1.46. The van der Waals surface area contributed by atoms with Gasteiger partial charge in [-0.15, -0.1) is 0 Å². The van der Waals surface area contributed by atoms with Crippen molar-refractivity contribution in [2.24, 2.45) is 0 Å². The molecule has 104 valence electrons. The van der Waals surface area contributed by atoms with Gasteiger partial charge < -0.3 is 0 Å². The standard InChI is InChI=1S/C16H25N3/c1-2-6-16(7-3-1)19-11-9-18(10-12-19)14-15-5-4-8-17-13-15/h4-5,8,13,16H,1-3,6-7,9-12,14H2. The lowest BCUT2D eigenvalue weighted by Crippen LogP contribution is -2.50. The van der Waals surface area contributed by atoms with Gasteiger partial charge >= 0.3 is 0 Å². The molecule has 0 spiro atoms. The minimum atomic E-state index is 0.884. The third-order valence-corrected chi connectivity index (χ3v) is 4.63. The lowest BCUT2D eigenvalue weighted by molar-refractivity contribution is 0.0754. The fourth-order valence-corrected chi connectivity index (χ4v) is 3.48. The van der Waals surface area contributed by atoms with Gasteiger partial charge in [-0.2, -0.15) is 0 Å². The van der Waals surface area contributed by atoms with Crippen LogP contribution in [-0.4, -0.2) is 47.0 Å². The van der Waals surface area contributed by atoms with Crippen LogP contribution in [0, 0.1) is 0 Å². The Hall–Kier alpha value is -0.930. The van der Waals surface area contributed by atoms with Crippen LogP contribution in [0.2, 0.25) is 0 Å². The molecule has 0 radical (unpaired) electrons. The molecule has 1 aliphatic carbocycles. The molecule has 3 nitrogen and oxygen atoms in total. The first-order chi connectivity index (χ1) is 9.42. The summed E-state index contributed by atoms with van der Waals surface area (Å²) in [5.41, 5.74) is 1.34. The summed E-state index contributed by atoms with van der Waals surface area (Å²) in [5.74, 6) is 0. The fourth-order valence-electron chi connectivity index (χ4n) is 3.48. The van der Waals surface area contributed by atoms with Gasteiger partial charge in [-0.25, -0.2) is 0 Å². The van der Waals surface area contributed by atoms with Gasteiger partial charge in [-0.05, 0) is 24.5 Å². The van der Waals surface area contributed by atoms with E-state index in [9.17, 15) is 0 Å². The molecule has 1 aliphatic heterocycles. The highest BCUT2D eigenvalue weighted by Crippen LogP contribution is 2.23. The van der Waals surface area contributed by atoms with Gasteiger partial charge in [0.25, 0.3) is 0 Å². The van der Waals surface area contributed by atoms with E-state index in [1.165, 1.54) is 63.8 Å². The zero-order valence-electron chi connectivity index (χ0n) is 11.8. The molecule has 0 amide bonds. The molecule has 0 bridgehead atoms. The van der Waals surface area contributed by atoms with E-state index in [2.05, 4.69) is 20.9 Å². The maximum atomic E-state index is 4.20. The minimum Gasteiger partial charge on any atom is -0.298 e. The van der Waals surface area contributed by atoms with Gasteiger partial charge in [0.15, 0.2) is 0 Å². The summed E-state index contributed by atoms with van der Waals surface area (Å²) in [6.07, 6.45) is 11.1. The fraction of sp³-hybridized carbons (Fsp3) is 0.688. The van der Waals surface area contributed by atoms with Gasteiger partial charge in [0.05, 0.1) is 0 Å². The van der Waals surface area contributed by atoms with E-state index in [0.717, 1.165) is 12.6 Å². The molecule has 1 aromatic rings. The lowest BCUT2D eigenvalue weighted by Gasteiger charge is -2.40. The highest BCUT2D eigenvalue weighted by atomic mass is 15.3. The first kappa shape index (κ1) is 13.1. The number of piperazine rings is 1. The normalized spacial score (nSPS) is 23.6. The van der Waals surface area contributed by atoms with E-state index >= 15 is 0 Å². The SMILES string of the molecule is c1cncc(CN2CCN(C3CCCCC3)CC2)c1. The summed E-state index contributed by atoms with van der Waals surface area (Å²) in [7, 11) is 0. The van der Waals surface area contributed by atoms with Crippen molar-refractivity contribution in [2.75, 3.05) is 26.2 Å². The molecule has 0 N–H and O–H groups in total. The molecule has 2 fully saturated rings. The number of aromatic nitrogens is 1. The monoisotopic (exact) mass is 259 g/mol. The van der Waals surface area contributed by atoms with Gasteiger partial charge in [0.1, 0.15) is 0 Å². The van der Waals surface area contributed by atoms with Gasteiger partial charge in [-0.1, -0.05) is 25.3 Å². The van der Waals surface area contributed by atoms with Gasteiger partial charge in [0.2, 0.25) is 0 Å². The number of rotatable bonds is 3. The number of hydrogen-bond acceptors (Lipinski definition) is 3. The van der Waals surface area contributed by atoms with Crippen molar-refractivity contribution in [3.8, 4) is 0 Å². The zero-order valence-corrected chi connectivity index (χ0v) is 11.8. The molecule has 0 unspecified atom stereocenters. The second-order valence-corrected chi connectivity index (χ2v) is 5.97. The van der Waals surface area contributed by atoms with Crippen LogP contribution in [0.15, 0.2) is 24.5 Å². The molecule has 1 saturated heterocycles.